The summed E-state index contributed by atoms with van der Waals surface area (Å²) in [6, 6.07) is 16.0. The number of nitrogens with zero attached hydrogens (tertiary/aromatic N) is 2. The minimum absolute atomic E-state index is 0. The van der Waals surface area contributed by atoms with Gasteiger partial charge in [0.1, 0.15) is 0 Å². The Kier molecular flexibility index (Phi) is 6.89. The van der Waals surface area contributed by atoms with Crippen LogP contribution in [0.15, 0.2) is 48.5 Å². The van der Waals surface area contributed by atoms with Crippen molar-refractivity contribution >= 4 is 41.6 Å². The van der Waals surface area contributed by atoms with Crippen LogP contribution >= 0.6 is 24.8 Å². The Balaban J connectivity index is 0.00000131. The molecule has 0 fully saturated rings. The second kappa shape index (κ2) is 8.76. The van der Waals surface area contributed by atoms with Gasteiger partial charge >= 0.3 is 0 Å². The number of halogens is 2. The van der Waals surface area contributed by atoms with E-state index in [9.17, 15) is 4.79 Å². The minimum atomic E-state index is -0.488. The Bertz CT molecular complexity index is 938. The lowest BCUT2D eigenvalue weighted by Gasteiger charge is -2.24. The van der Waals surface area contributed by atoms with E-state index < -0.39 is 5.91 Å². The Labute approximate surface area is 170 Å². The van der Waals surface area contributed by atoms with E-state index in [1.54, 1.807) is 17.6 Å². The van der Waals surface area contributed by atoms with Crippen LogP contribution in [0, 0.1) is 0 Å². The van der Waals surface area contributed by atoms with Gasteiger partial charge in [0.15, 0.2) is 0 Å². The molecule has 0 atom stereocenters. The molecule has 2 N–H and O–H groups in total. The molecule has 2 aromatic carbocycles. The Morgan fingerprint density at radius 1 is 1.11 bits per heavy atom. The van der Waals surface area contributed by atoms with E-state index in [1.807, 2.05) is 12.1 Å². The number of fused-ring (bicyclic) bond motifs is 3. The third kappa shape index (κ3) is 3.96. The summed E-state index contributed by atoms with van der Waals surface area (Å²) in [6.07, 6.45) is 1.05. The first-order chi connectivity index (χ1) is 12.2. The summed E-state index contributed by atoms with van der Waals surface area (Å²) in [4.78, 5) is 13.8. The molecule has 0 bridgehead atoms. The molecule has 4 rings (SSSR count). The van der Waals surface area contributed by atoms with Crippen molar-refractivity contribution in [3.8, 4) is 0 Å². The number of hydrogen-bond acceptors (Lipinski definition) is 3. The molecule has 1 aliphatic heterocycles. The van der Waals surface area contributed by atoms with Gasteiger partial charge in [-0.25, -0.2) is 5.48 Å². The fourth-order valence-corrected chi connectivity index (χ4v) is 3.73. The molecular weight excluding hydrogens is 385 g/mol. The topological polar surface area (TPSA) is 57.5 Å². The van der Waals surface area contributed by atoms with Gasteiger partial charge in [-0.05, 0) is 36.4 Å². The number of carbonyl (C=O) groups excluding carboxylic acids is 1. The standard InChI is InChI=1S/C20H21N3O2.2ClH/c1-22-11-10-19-17(13-22)16-4-2-3-5-18(16)23(19)12-14-6-8-15(9-7-14)20(24)21-25;;/h2-9,25H,10-13H2,1H3,(H,21,24);2*1H. The van der Waals surface area contributed by atoms with Gasteiger partial charge in [-0.15, -0.1) is 24.8 Å². The molecular formula is C20H23Cl2N3O2. The number of likely N-dealkylation sites (N-methyl/N-ethyl adjacent to an activating group) is 1. The predicted molar refractivity (Wildman–Crippen MR) is 111 cm³/mol. The van der Waals surface area contributed by atoms with Gasteiger partial charge in [0.25, 0.3) is 5.91 Å². The smallest absolute Gasteiger partial charge is 0.274 e. The highest BCUT2D eigenvalue weighted by Crippen LogP contribution is 2.31. The Morgan fingerprint density at radius 3 is 2.52 bits per heavy atom. The van der Waals surface area contributed by atoms with Crippen LogP contribution in [0.5, 0.6) is 0 Å². The second-order valence-electron chi connectivity index (χ2n) is 6.65. The summed E-state index contributed by atoms with van der Waals surface area (Å²) in [5.41, 5.74) is 7.36. The third-order valence-corrected chi connectivity index (χ3v) is 5.01. The number of carbonyl (C=O) groups is 1. The molecule has 0 saturated heterocycles. The first-order valence-corrected chi connectivity index (χ1v) is 8.48. The molecule has 3 aromatic rings. The molecule has 144 valence electrons. The molecule has 5 nitrogen and oxygen atoms in total. The van der Waals surface area contributed by atoms with Crippen molar-refractivity contribution < 1.29 is 10.0 Å². The van der Waals surface area contributed by atoms with Gasteiger partial charge in [-0.1, -0.05) is 30.3 Å². The van der Waals surface area contributed by atoms with Crippen LogP contribution in [0.1, 0.15) is 27.2 Å². The molecule has 1 aromatic heterocycles. The lowest BCUT2D eigenvalue weighted by atomic mass is 10.1. The fourth-order valence-electron chi connectivity index (χ4n) is 3.73. The zero-order valence-corrected chi connectivity index (χ0v) is 16.6. The van der Waals surface area contributed by atoms with E-state index >= 15 is 0 Å². The zero-order valence-electron chi connectivity index (χ0n) is 15.0. The van der Waals surface area contributed by atoms with Crippen molar-refractivity contribution in [3.05, 3.63) is 70.9 Å². The SMILES string of the molecule is CN1CCc2c(c3ccccc3n2Cc2ccc(C(=O)NO)cc2)C1.Cl.Cl. The van der Waals surface area contributed by atoms with Crippen molar-refractivity contribution in [2.45, 2.75) is 19.5 Å². The van der Waals surface area contributed by atoms with Crippen LogP contribution in [0.25, 0.3) is 10.9 Å². The maximum atomic E-state index is 11.5. The van der Waals surface area contributed by atoms with Gasteiger partial charge in [0.2, 0.25) is 0 Å². The maximum Gasteiger partial charge on any atom is 0.274 e. The van der Waals surface area contributed by atoms with Gasteiger partial charge < -0.3 is 9.47 Å². The monoisotopic (exact) mass is 407 g/mol. The van der Waals surface area contributed by atoms with Crippen LogP contribution in [-0.2, 0) is 19.5 Å². The molecule has 0 radical (unpaired) electrons. The molecule has 0 unspecified atom stereocenters. The molecule has 1 aliphatic rings. The number of nitrogens with one attached hydrogen (secondary N) is 1. The van der Waals surface area contributed by atoms with Crippen LogP contribution in [-0.4, -0.2) is 34.2 Å². The van der Waals surface area contributed by atoms with Crippen molar-refractivity contribution in [1.29, 1.82) is 0 Å². The van der Waals surface area contributed by atoms with Crippen molar-refractivity contribution in [2.24, 2.45) is 0 Å². The lowest BCUT2D eigenvalue weighted by Crippen LogP contribution is -2.27. The maximum absolute atomic E-state index is 11.5. The first-order valence-electron chi connectivity index (χ1n) is 8.48. The Morgan fingerprint density at radius 2 is 1.81 bits per heavy atom. The number of amides is 1. The highest BCUT2D eigenvalue weighted by atomic mass is 35.5. The quantitative estimate of drug-likeness (QED) is 0.514. The molecule has 2 heterocycles. The van der Waals surface area contributed by atoms with Crippen molar-refractivity contribution in [1.82, 2.24) is 14.9 Å². The summed E-state index contributed by atoms with van der Waals surface area (Å²) in [7, 11) is 2.17. The van der Waals surface area contributed by atoms with Crippen LogP contribution in [0.2, 0.25) is 0 Å². The lowest BCUT2D eigenvalue weighted by molar-refractivity contribution is 0.0706. The van der Waals surface area contributed by atoms with Crippen LogP contribution < -0.4 is 5.48 Å². The molecule has 0 saturated carbocycles. The van der Waals surface area contributed by atoms with E-state index in [0.717, 1.165) is 31.6 Å². The average molecular weight is 408 g/mol. The predicted octanol–water partition coefficient (Wildman–Crippen LogP) is 3.64. The molecule has 0 aliphatic carbocycles. The molecule has 7 heteroatoms. The van der Waals surface area contributed by atoms with Gasteiger partial charge in [0.05, 0.1) is 0 Å². The van der Waals surface area contributed by atoms with E-state index in [0.29, 0.717) is 5.56 Å². The number of rotatable bonds is 3. The van der Waals surface area contributed by atoms with E-state index in [1.165, 1.54) is 22.2 Å². The number of aromatic nitrogens is 1. The number of hydrogen-bond donors (Lipinski definition) is 2. The summed E-state index contributed by atoms with van der Waals surface area (Å²) < 4.78 is 2.40. The van der Waals surface area contributed by atoms with Crippen LogP contribution in [0.4, 0.5) is 0 Å². The third-order valence-electron chi connectivity index (χ3n) is 5.01. The van der Waals surface area contributed by atoms with E-state index in [-0.39, 0.29) is 24.8 Å². The van der Waals surface area contributed by atoms with Gasteiger partial charge in [0, 0.05) is 48.2 Å². The minimum Gasteiger partial charge on any atom is -0.340 e. The molecule has 0 spiro atoms. The average Bonchev–Trinajstić information content (AvgIpc) is 2.95. The van der Waals surface area contributed by atoms with E-state index in [4.69, 9.17) is 5.21 Å². The first kappa shape index (κ1) is 21.3. The van der Waals surface area contributed by atoms with Gasteiger partial charge in [-0.2, -0.15) is 0 Å². The number of hydroxylamine groups is 1. The summed E-state index contributed by atoms with van der Waals surface area (Å²) in [6.45, 7) is 2.83. The largest absolute Gasteiger partial charge is 0.340 e. The van der Waals surface area contributed by atoms with Crippen molar-refractivity contribution in [3.63, 3.8) is 0 Å². The Hall–Kier alpha value is -2.05. The fraction of sp³-hybridized carbons (Fsp3) is 0.250. The van der Waals surface area contributed by atoms with Gasteiger partial charge in [-0.3, -0.25) is 10.0 Å². The number of benzene rings is 2. The number of para-hydroxylation sites is 1. The van der Waals surface area contributed by atoms with Crippen molar-refractivity contribution in [2.75, 3.05) is 13.6 Å². The van der Waals surface area contributed by atoms with E-state index in [2.05, 4.69) is 40.8 Å². The summed E-state index contributed by atoms with van der Waals surface area (Å²) in [5.74, 6) is -0.488. The normalized spacial score (nSPS) is 13.4. The summed E-state index contributed by atoms with van der Waals surface area (Å²) in [5, 5.41) is 10.1. The molecule has 27 heavy (non-hydrogen) atoms. The van der Waals surface area contributed by atoms with Crippen LogP contribution in [0.3, 0.4) is 0 Å². The highest BCUT2D eigenvalue weighted by molar-refractivity contribution is 5.93. The molecule has 1 amide bonds. The zero-order chi connectivity index (χ0) is 17.4. The summed E-state index contributed by atoms with van der Waals surface area (Å²) >= 11 is 0. The second-order valence-corrected chi connectivity index (χ2v) is 6.65. The highest BCUT2D eigenvalue weighted by Gasteiger charge is 2.22.